The first kappa shape index (κ1) is 16.2. The third kappa shape index (κ3) is 4.17. The van der Waals surface area contributed by atoms with Crippen molar-refractivity contribution in [2.45, 2.75) is 44.7 Å². The Morgan fingerprint density at radius 3 is 2.71 bits per heavy atom. The third-order valence-corrected chi connectivity index (χ3v) is 4.59. The highest BCUT2D eigenvalue weighted by atomic mass is 35.5. The van der Waals surface area contributed by atoms with E-state index in [1.165, 1.54) is 19.4 Å². The summed E-state index contributed by atoms with van der Waals surface area (Å²) in [7, 11) is 0. The van der Waals surface area contributed by atoms with Crippen LogP contribution in [0.2, 0.25) is 0 Å². The van der Waals surface area contributed by atoms with E-state index >= 15 is 0 Å². The van der Waals surface area contributed by atoms with Crippen LogP contribution in [0.1, 0.15) is 32.1 Å². The van der Waals surface area contributed by atoms with Crippen molar-refractivity contribution in [3.63, 3.8) is 0 Å². The highest BCUT2D eigenvalue weighted by molar-refractivity contribution is 5.85. The van der Waals surface area contributed by atoms with Crippen molar-refractivity contribution in [2.24, 2.45) is 5.92 Å². The molecular weight excluding hydrogens is 290 g/mol. The van der Waals surface area contributed by atoms with Crippen LogP contribution in [0.4, 0.5) is 0 Å². The van der Waals surface area contributed by atoms with Crippen LogP contribution < -0.4 is 5.32 Å². The number of amides is 1. The normalized spacial score (nSPS) is 23.0. The molecule has 118 valence electrons. The SMILES string of the molecule is Cl.O=C(CCn1ccnn1)N1CCC(C2CCCN2)CC1. The third-order valence-electron chi connectivity index (χ3n) is 4.59. The van der Waals surface area contributed by atoms with Gasteiger partial charge in [-0.3, -0.25) is 9.48 Å². The first-order chi connectivity index (χ1) is 9.83. The number of hydrogen-bond donors (Lipinski definition) is 1. The summed E-state index contributed by atoms with van der Waals surface area (Å²) >= 11 is 0. The highest BCUT2D eigenvalue weighted by Gasteiger charge is 2.29. The van der Waals surface area contributed by atoms with Crippen LogP contribution in [-0.2, 0) is 11.3 Å². The van der Waals surface area contributed by atoms with Gasteiger partial charge in [-0.05, 0) is 38.1 Å². The van der Waals surface area contributed by atoms with Crippen molar-refractivity contribution in [3.8, 4) is 0 Å². The van der Waals surface area contributed by atoms with Gasteiger partial charge in [0.25, 0.3) is 0 Å². The molecule has 21 heavy (non-hydrogen) atoms. The maximum Gasteiger partial charge on any atom is 0.224 e. The molecular formula is C14H24ClN5O. The Labute approximate surface area is 131 Å². The number of hydrogen-bond acceptors (Lipinski definition) is 4. The number of carbonyl (C=O) groups excluding carboxylic acids is 1. The summed E-state index contributed by atoms with van der Waals surface area (Å²) in [5.41, 5.74) is 0. The van der Waals surface area contributed by atoms with Gasteiger partial charge in [0.1, 0.15) is 0 Å². The summed E-state index contributed by atoms with van der Waals surface area (Å²) in [6.07, 6.45) is 8.87. The van der Waals surface area contributed by atoms with Gasteiger partial charge >= 0.3 is 0 Å². The Morgan fingerprint density at radius 1 is 1.29 bits per heavy atom. The molecule has 1 aromatic rings. The van der Waals surface area contributed by atoms with Crippen LogP contribution in [0.5, 0.6) is 0 Å². The predicted octanol–water partition coefficient (Wildman–Crippen LogP) is 1.08. The summed E-state index contributed by atoms with van der Waals surface area (Å²) in [4.78, 5) is 14.2. The summed E-state index contributed by atoms with van der Waals surface area (Å²) in [6.45, 7) is 3.63. The maximum absolute atomic E-state index is 12.2. The molecule has 2 fully saturated rings. The molecule has 1 amide bonds. The summed E-state index contributed by atoms with van der Waals surface area (Å²) in [6, 6.07) is 0.697. The lowest BCUT2D eigenvalue weighted by atomic mass is 9.88. The van der Waals surface area contributed by atoms with Gasteiger partial charge in [-0.1, -0.05) is 5.21 Å². The molecule has 1 unspecified atom stereocenters. The smallest absolute Gasteiger partial charge is 0.224 e. The lowest BCUT2D eigenvalue weighted by Gasteiger charge is -2.35. The lowest BCUT2D eigenvalue weighted by Crippen LogP contribution is -2.43. The molecule has 0 bridgehead atoms. The van der Waals surface area contributed by atoms with Crippen LogP contribution in [0.25, 0.3) is 0 Å². The fourth-order valence-corrected chi connectivity index (χ4v) is 3.39. The lowest BCUT2D eigenvalue weighted by molar-refractivity contribution is -0.133. The van der Waals surface area contributed by atoms with Crippen LogP contribution >= 0.6 is 12.4 Å². The fraction of sp³-hybridized carbons (Fsp3) is 0.786. The van der Waals surface area contributed by atoms with Crippen molar-refractivity contribution in [1.29, 1.82) is 0 Å². The zero-order valence-electron chi connectivity index (χ0n) is 12.3. The summed E-state index contributed by atoms with van der Waals surface area (Å²) in [5, 5.41) is 11.2. The van der Waals surface area contributed by atoms with E-state index in [1.54, 1.807) is 17.1 Å². The number of aryl methyl sites for hydroxylation is 1. The van der Waals surface area contributed by atoms with E-state index < -0.39 is 0 Å². The van der Waals surface area contributed by atoms with Crippen LogP contribution in [-0.4, -0.2) is 51.5 Å². The Balaban J connectivity index is 0.00000161. The molecule has 7 heteroatoms. The maximum atomic E-state index is 12.2. The van der Waals surface area contributed by atoms with Gasteiger partial charge < -0.3 is 10.2 Å². The monoisotopic (exact) mass is 313 g/mol. The number of rotatable bonds is 4. The Morgan fingerprint density at radius 2 is 2.10 bits per heavy atom. The van der Waals surface area contributed by atoms with Gasteiger partial charge in [0.15, 0.2) is 0 Å². The van der Waals surface area contributed by atoms with Gasteiger partial charge in [-0.15, -0.1) is 17.5 Å². The number of piperidine rings is 1. The molecule has 0 aromatic carbocycles. The topological polar surface area (TPSA) is 63.1 Å². The van der Waals surface area contributed by atoms with E-state index in [-0.39, 0.29) is 18.3 Å². The van der Waals surface area contributed by atoms with E-state index in [0.717, 1.165) is 31.8 Å². The average molecular weight is 314 g/mol. The van der Waals surface area contributed by atoms with Crippen LogP contribution in [0.15, 0.2) is 12.4 Å². The molecule has 0 radical (unpaired) electrons. The van der Waals surface area contributed by atoms with Crippen molar-refractivity contribution in [2.75, 3.05) is 19.6 Å². The zero-order valence-corrected chi connectivity index (χ0v) is 13.1. The van der Waals surface area contributed by atoms with Crippen LogP contribution in [0.3, 0.4) is 0 Å². The molecule has 3 rings (SSSR count). The van der Waals surface area contributed by atoms with E-state index in [1.807, 2.05) is 4.90 Å². The molecule has 0 aliphatic carbocycles. The molecule has 1 N–H and O–H groups in total. The number of carbonyl (C=O) groups is 1. The second-order valence-corrected chi connectivity index (χ2v) is 5.84. The van der Waals surface area contributed by atoms with E-state index in [9.17, 15) is 4.79 Å². The molecule has 2 aliphatic rings. The van der Waals surface area contributed by atoms with Gasteiger partial charge in [0.2, 0.25) is 5.91 Å². The van der Waals surface area contributed by atoms with Crippen LogP contribution in [0, 0.1) is 5.92 Å². The summed E-state index contributed by atoms with van der Waals surface area (Å²) < 4.78 is 1.72. The van der Waals surface area contributed by atoms with Crippen molar-refractivity contribution in [3.05, 3.63) is 12.4 Å². The Kier molecular flexibility index (Phi) is 5.99. The largest absolute Gasteiger partial charge is 0.343 e. The predicted molar refractivity (Wildman–Crippen MR) is 82.2 cm³/mol. The van der Waals surface area contributed by atoms with Gasteiger partial charge in [-0.2, -0.15) is 0 Å². The molecule has 2 saturated heterocycles. The second kappa shape index (κ2) is 7.75. The molecule has 3 heterocycles. The first-order valence-corrected chi connectivity index (χ1v) is 7.68. The average Bonchev–Trinajstić information content (AvgIpc) is 3.18. The molecule has 1 aromatic heterocycles. The number of aromatic nitrogens is 3. The molecule has 0 saturated carbocycles. The van der Waals surface area contributed by atoms with E-state index in [0.29, 0.717) is 19.0 Å². The van der Waals surface area contributed by atoms with Gasteiger partial charge in [-0.25, -0.2) is 0 Å². The van der Waals surface area contributed by atoms with Gasteiger partial charge in [0, 0.05) is 31.7 Å². The minimum atomic E-state index is 0. The van der Waals surface area contributed by atoms with Crippen molar-refractivity contribution >= 4 is 18.3 Å². The molecule has 2 aliphatic heterocycles. The highest BCUT2D eigenvalue weighted by Crippen LogP contribution is 2.25. The first-order valence-electron chi connectivity index (χ1n) is 7.68. The Bertz CT molecular complexity index is 425. The minimum Gasteiger partial charge on any atom is -0.343 e. The quantitative estimate of drug-likeness (QED) is 0.903. The number of halogens is 1. The second-order valence-electron chi connectivity index (χ2n) is 5.84. The zero-order chi connectivity index (χ0) is 13.8. The molecule has 6 nitrogen and oxygen atoms in total. The standard InChI is InChI=1S/C14H23N5O.ClH/c20-14(5-10-19-11-7-16-17-19)18-8-3-12(4-9-18)13-2-1-6-15-13;/h7,11-13,15H,1-6,8-10H2;1H. The van der Waals surface area contributed by atoms with Gasteiger partial charge in [0.05, 0.1) is 12.7 Å². The van der Waals surface area contributed by atoms with E-state index in [4.69, 9.17) is 0 Å². The van der Waals surface area contributed by atoms with Crippen molar-refractivity contribution in [1.82, 2.24) is 25.2 Å². The summed E-state index contributed by atoms with van der Waals surface area (Å²) in [5.74, 6) is 1.01. The van der Waals surface area contributed by atoms with Crippen molar-refractivity contribution < 1.29 is 4.79 Å². The number of nitrogens with one attached hydrogen (secondary N) is 1. The van der Waals surface area contributed by atoms with E-state index in [2.05, 4.69) is 15.6 Å². The Hall–Kier alpha value is -1.14. The minimum absolute atomic E-state index is 0. The number of nitrogens with zero attached hydrogens (tertiary/aromatic N) is 4. The number of likely N-dealkylation sites (tertiary alicyclic amines) is 1. The fourth-order valence-electron chi connectivity index (χ4n) is 3.39. The molecule has 1 atom stereocenters. The molecule has 0 spiro atoms.